The molecule has 4 aliphatic rings. The number of aryl methyl sites for hydroxylation is 1. The highest BCUT2D eigenvalue weighted by atomic mass is 16.6. The number of amides is 2. The predicted molar refractivity (Wildman–Crippen MR) is 134 cm³/mol. The average Bonchev–Trinajstić information content (AvgIpc) is 3.52. The summed E-state index contributed by atoms with van der Waals surface area (Å²) in [7, 11) is 0. The largest absolute Gasteiger partial charge is 0.365 e. The molecule has 0 radical (unpaired) electrons. The number of carbonyl (C=O) groups excluding carboxylic acids is 2. The molecule has 35 heavy (non-hydrogen) atoms. The predicted octanol–water partition coefficient (Wildman–Crippen LogP) is 3.93. The first-order valence-corrected chi connectivity index (χ1v) is 12.3. The van der Waals surface area contributed by atoms with Crippen molar-refractivity contribution in [2.24, 2.45) is 23.7 Å². The van der Waals surface area contributed by atoms with E-state index in [0.29, 0.717) is 24.5 Å². The zero-order chi connectivity index (χ0) is 24.4. The van der Waals surface area contributed by atoms with E-state index >= 15 is 0 Å². The first kappa shape index (κ1) is 21.8. The van der Waals surface area contributed by atoms with Crippen LogP contribution in [-0.4, -0.2) is 42.4 Å². The van der Waals surface area contributed by atoms with Gasteiger partial charge in [0.2, 0.25) is 11.8 Å². The zero-order valence-corrected chi connectivity index (χ0v) is 19.8. The molecular weight excluding hydrogens is 444 g/mol. The van der Waals surface area contributed by atoms with Crippen LogP contribution in [0.5, 0.6) is 0 Å². The molecule has 2 heterocycles. The number of imide groups is 1. The Hall–Kier alpha value is -3.68. The lowest BCUT2D eigenvalue weighted by Gasteiger charge is -2.42. The minimum absolute atomic E-state index is 0.0718. The monoisotopic (exact) mass is 472 g/mol. The lowest BCUT2D eigenvalue weighted by atomic mass is 9.85. The van der Waals surface area contributed by atoms with Crippen LogP contribution in [0.15, 0.2) is 54.6 Å². The quantitative estimate of drug-likeness (QED) is 0.290. The molecule has 2 aliphatic carbocycles. The number of anilines is 3. The van der Waals surface area contributed by atoms with Crippen molar-refractivity contribution in [2.45, 2.75) is 26.3 Å². The fraction of sp³-hybridized carbons (Fsp3) is 0.407. The van der Waals surface area contributed by atoms with E-state index in [1.807, 2.05) is 23.1 Å². The van der Waals surface area contributed by atoms with Crippen LogP contribution in [0.2, 0.25) is 0 Å². The fourth-order valence-corrected chi connectivity index (χ4v) is 6.59. The molecule has 2 aliphatic heterocycles. The minimum atomic E-state index is -0.409. The van der Waals surface area contributed by atoms with Crippen molar-refractivity contribution in [1.29, 1.82) is 0 Å². The molecule has 2 amide bonds. The van der Waals surface area contributed by atoms with E-state index < -0.39 is 4.92 Å². The van der Waals surface area contributed by atoms with Crippen LogP contribution in [0.1, 0.15) is 18.9 Å². The van der Waals surface area contributed by atoms with E-state index in [4.69, 9.17) is 0 Å². The number of rotatable bonds is 4. The van der Waals surface area contributed by atoms with Crippen LogP contribution in [0, 0.1) is 40.7 Å². The van der Waals surface area contributed by atoms with Crippen molar-refractivity contribution in [3.8, 4) is 0 Å². The highest BCUT2D eigenvalue weighted by Crippen LogP contribution is 2.53. The Morgan fingerprint density at radius 1 is 0.943 bits per heavy atom. The number of nitro benzene ring substituents is 1. The highest BCUT2D eigenvalue weighted by molar-refractivity contribution is 6.23. The molecule has 0 spiro atoms. The molecule has 2 bridgehead atoms. The van der Waals surface area contributed by atoms with Crippen LogP contribution in [0.25, 0.3) is 0 Å². The number of benzene rings is 2. The van der Waals surface area contributed by atoms with Gasteiger partial charge in [-0.05, 0) is 61.9 Å². The van der Waals surface area contributed by atoms with E-state index in [9.17, 15) is 19.7 Å². The standard InChI is InChI=1S/C27H28N4O4/c1-16-4-3-5-20(12-16)29-11-10-28(15-17(29)2)22-9-8-21(14-23(22)31(34)35)30-26(32)24-18-6-7-19(13-18)25(24)27(30)33/h3-9,12,14,17-19,24-25H,10-11,13,15H2,1-2H3/t17-,18-,19-,24+,25+/m0/s1. The summed E-state index contributed by atoms with van der Waals surface area (Å²) in [6, 6.07) is 13.3. The zero-order valence-electron chi connectivity index (χ0n) is 19.8. The molecule has 2 aromatic carbocycles. The molecular formula is C27H28N4O4. The fourth-order valence-electron chi connectivity index (χ4n) is 6.59. The maximum atomic E-state index is 13.2. The molecule has 5 atom stereocenters. The summed E-state index contributed by atoms with van der Waals surface area (Å²) in [5.41, 5.74) is 3.10. The maximum absolute atomic E-state index is 13.2. The van der Waals surface area contributed by atoms with E-state index in [1.165, 1.54) is 16.5 Å². The second kappa shape index (κ2) is 7.93. The lowest BCUT2D eigenvalue weighted by Crippen LogP contribution is -2.52. The van der Waals surface area contributed by atoms with Gasteiger partial charge in [-0.1, -0.05) is 24.3 Å². The third kappa shape index (κ3) is 3.34. The molecule has 8 nitrogen and oxygen atoms in total. The average molecular weight is 473 g/mol. The topological polar surface area (TPSA) is 87.0 Å². The van der Waals surface area contributed by atoms with Gasteiger partial charge in [-0.3, -0.25) is 19.7 Å². The summed E-state index contributed by atoms with van der Waals surface area (Å²) < 4.78 is 0. The summed E-state index contributed by atoms with van der Waals surface area (Å²) >= 11 is 0. The van der Waals surface area contributed by atoms with Gasteiger partial charge in [0.1, 0.15) is 5.69 Å². The molecule has 3 fully saturated rings. The van der Waals surface area contributed by atoms with Gasteiger partial charge in [0.25, 0.3) is 5.69 Å². The van der Waals surface area contributed by atoms with Crippen LogP contribution in [-0.2, 0) is 9.59 Å². The van der Waals surface area contributed by atoms with Crippen LogP contribution in [0.4, 0.5) is 22.7 Å². The number of nitrogens with zero attached hydrogens (tertiary/aromatic N) is 4. The first-order chi connectivity index (χ1) is 16.8. The SMILES string of the molecule is Cc1cccc(N2CCN(c3ccc(N4C(=O)[C@H]5[C@H](C4=O)[C@H]4C=C[C@H]5C4)cc3[N+](=O)[O-])C[C@@H]2C)c1. The van der Waals surface area contributed by atoms with E-state index in [2.05, 4.69) is 36.9 Å². The molecule has 0 unspecified atom stereocenters. The second-order valence-electron chi connectivity index (χ2n) is 10.3. The molecule has 0 N–H and O–H groups in total. The molecule has 6 rings (SSSR count). The van der Waals surface area contributed by atoms with Gasteiger partial charge in [-0.2, -0.15) is 0 Å². The first-order valence-electron chi connectivity index (χ1n) is 12.3. The van der Waals surface area contributed by atoms with Gasteiger partial charge in [-0.25, -0.2) is 4.90 Å². The Kier molecular flexibility index (Phi) is 4.95. The summed E-state index contributed by atoms with van der Waals surface area (Å²) in [5.74, 6) is -0.893. The van der Waals surface area contributed by atoms with Crippen LogP contribution >= 0.6 is 0 Å². The van der Waals surface area contributed by atoms with Crippen molar-refractivity contribution in [2.75, 3.05) is 34.3 Å². The van der Waals surface area contributed by atoms with Gasteiger partial charge in [0, 0.05) is 37.4 Å². The second-order valence-corrected chi connectivity index (χ2v) is 10.3. The van der Waals surface area contributed by atoms with Crippen molar-refractivity contribution < 1.29 is 14.5 Å². The molecule has 0 aromatic heterocycles. The van der Waals surface area contributed by atoms with Gasteiger partial charge in [0.15, 0.2) is 0 Å². The van der Waals surface area contributed by atoms with Gasteiger partial charge >= 0.3 is 0 Å². The van der Waals surface area contributed by atoms with Crippen molar-refractivity contribution in [3.63, 3.8) is 0 Å². The number of hydrogen-bond donors (Lipinski definition) is 0. The molecule has 8 heteroatoms. The summed E-state index contributed by atoms with van der Waals surface area (Å²) in [4.78, 5) is 43.6. The molecule has 1 saturated carbocycles. The Balaban J connectivity index is 1.26. The third-order valence-corrected chi connectivity index (χ3v) is 8.19. The Morgan fingerprint density at radius 2 is 1.66 bits per heavy atom. The smallest absolute Gasteiger partial charge is 0.294 e. The number of hydrogen-bond acceptors (Lipinski definition) is 6. The molecule has 180 valence electrons. The Bertz CT molecular complexity index is 1240. The van der Waals surface area contributed by atoms with Gasteiger partial charge in [-0.15, -0.1) is 0 Å². The summed E-state index contributed by atoms with van der Waals surface area (Å²) in [6.07, 6.45) is 4.94. The van der Waals surface area contributed by atoms with E-state index in [1.54, 1.807) is 12.1 Å². The number of carbonyl (C=O) groups is 2. The van der Waals surface area contributed by atoms with Gasteiger partial charge in [0.05, 0.1) is 22.4 Å². The maximum Gasteiger partial charge on any atom is 0.294 e. The van der Waals surface area contributed by atoms with Crippen LogP contribution < -0.4 is 14.7 Å². The molecule has 2 aromatic rings. The van der Waals surface area contributed by atoms with Crippen molar-refractivity contribution in [3.05, 3.63) is 70.3 Å². The lowest BCUT2D eigenvalue weighted by molar-refractivity contribution is -0.384. The number of nitro groups is 1. The Labute approximate surface area is 204 Å². The van der Waals surface area contributed by atoms with Crippen molar-refractivity contribution in [1.82, 2.24) is 0 Å². The number of piperazine rings is 1. The normalized spacial score (nSPS) is 29.3. The minimum Gasteiger partial charge on any atom is -0.365 e. The summed E-state index contributed by atoms with van der Waals surface area (Å²) in [6.45, 7) is 6.21. The van der Waals surface area contributed by atoms with Crippen LogP contribution in [0.3, 0.4) is 0 Å². The number of fused-ring (bicyclic) bond motifs is 5. The summed E-state index contributed by atoms with van der Waals surface area (Å²) in [5, 5.41) is 12.1. The van der Waals surface area contributed by atoms with Crippen molar-refractivity contribution >= 4 is 34.6 Å². The van der Waals surface area contributed by atoms with E-state index in [-0.39, 0.29) is 47.2 Å². The highest BCUT2D eigenvalue weighted by Gasteiger charge is 2.59. The van der Waals surface area contributed by atoms with Gasteiger partial charge < -0.3 is 9.80 Å². The van der Waals surface area contributed by atoms with E-state index in [0.717, 1.165) is 18.7 Å². The third-order valence-electron chi connectivity index (χ3n) is 8.19. The molecule has 2 saturated heterocycles. The Morgan fingerprint density at radius 3 is 2.29 bits per heavy atom. The number of allylic oxidation sites excluding steroid dienone is 2.